The summed E-state index contributed by atoms with van der Waals surface area (Å²) in [5, 5.41) is 9.38. The minimum absolute atomic E-state index is 0.359. The molecule has 118 valence electrons. The zero-order valence-electron chi connectivity index (χ0n) is 12.7. The van der Waals surface area contributed by atoms with Crippen LogP contribution in [0.15, 0.2) is 30.5 Å². The Morgan fingerprint density at radius 2 is 2.13 bits per heavy atom. The van der Waals surface area contributed by atoms with E-state index in [9.17, 15) is 9.90 Å². The molecule has 1 aliphatic rings. The fraction of sp³-hybridized carbons (Fsp3) is 0.294. The number of aromatic nitrogens is 2. The SMILES string of the molecule is CCOc1ccc(-c2cn3c(C4CC4)c(C(=O)O)sc3n2)cc1. The molecule has 3 aromatic rings. The van der Waals surface area contributed by atoms with Gasteiger partial charge in [0.15, 0.2) is 4.96 Å². The van der Waals surface area contributed by atoms with Crippen molar-refractivity contribution in [2.24, 2.45) is 0 Å². The van der Waals surface area contributed by atoms with Crippen LogP contribution >= 0.6 is 11.3 Å². The molecule has 23 heavy (non-hydrogen) atoms. The van der Waals surface area contributed by atoms with Crippen LogP contribution in [-0.4, -0.2) is 27.1 Å². The summed E-state index contributed by atoms with van der Waals surface area (Å²) in [6.07, 6.45) is 4.06. The van der Waals surface area contributed by atoms with E-state index in [0.29, 0.717) is 17.4 Å². The van der Waals surface area contributed by atoms with E-state index in [2.05, 4.69) is 4.98 Å². The Kier molecular flexibility index (Phi) is 3.34. The lowest BCUT2D eigenvalue weighted by Crippen LogP contribution is -1.99. The van der Waals surface area contributed by atoms with Crippen molar-refractivity contribution in [1.29, 1.82) is 0 Å². The van der Waals surface area contributed by atoms with Crippen molar-refractivity contribution in [3.05, 3.63) is 41.0 Å². The summed E-state index contributed by atoms with van der Waals surface area (Å²) in [7, 11) is 0. The second kappa shape index (κ2) is 5.38. The summed E-state index contributed by atoms with van der Waals surface area (Å²) in [5.74, 6) is 0.339. The number of carboxylic acids is 1. The summed E-state index contributed by atoms with van der Waals surface area (Å²) in [6, 6.07) is 7.81. The van der Waals surface area contributed by atoms with Gasteiger partial charge in [0.1, 0.15) is 10.6 Å². The van der Waals surface area contributed by atoms with Gasteiger partial charge in [0.25, 0.3) is 0 Å². The van der Waals surface area contributed by atoms with Gasteiger partial charge in [-0.1, -0.05) is 11.3 Å². The molecule has 0 atom stereocenters. The van der Waals surface area contributed by atoms with Crippen LogP contribution in [-0.2, 0) is 0 Å². The topological polar surface area (TPSA) is 63.8 Å². The van der Waals surface area contributed by atoms with Crippen molar-refractivity contribution in [2.75, 3.05) is 6.61 Å². The van der Waals surface area contributed by atoms with Crippen LogP contribution in [0.3, 0.4) is 0 Å². The maximum Gasteiger partial charge on any atom is 0.347 e. The van der Waals surface area contributed by atoms with Gasteiger partial charge < -0.3 is 9.84 Å². The van der Waals surface area contributed by atoms with Crippen LogP contribution in [0.1, 0.15) is 41.0 Å². The Morgan fingerprint density at radius 1 is 1.39 bits per heavy atom. The maximum atomic E-state index is 11.4. The van der Waals surface area contributed by atoms with Gasteiger partial charge in [-0.05, 0) is 44.0 Å². The van der Waals surface area contributed by atoms with E-state index < -0.39 is 5.97 Å². The van der Waals surface area contributed by atoms with E-state index in [1.165, 1.54) is 11.3 Å². The molecule has 2 aromatic heterocycles. The van der Waals surface area contributed by atoms with Crippen LogP contribution in [0.2, 0.25) is 0 Å². The molecule has 0 unspecified atom stereocenters. The highest BCUT2D eigenvalue weighted by Crippen LogP contribution is 2.44. The molecule has 0 saturated heterocycles. The molecule has 0 amide bonds. The molecule has 1 aliphatic carbocycles. The Morgan fingerprint density at radius 3 is 2.74 bits per heavy atom. The number of hydrogen-bond donors (Lipinski definition) is 1. The Hall–Kier alpha value is -2.34. The second-order valence-corrected chi connectivity index (χ2v) is 6.61. The van der Waals surface area contributed by atoms with Crippen molar-refractivity contribution in [2.45, 2.75) is 25.7 Å². The number of thiazole rings is 1. The van der Waals surface area contributed by atoms with Crippen molar-refractivity contribution in [3.63, 3.8) is 0 Å². The first-order chi connectivity index (χ1) is 11.2. The van der Waals surface area contributed by atoms with Crippen molar-refractivity contribution in [1.82, 2.24) is 9.38 Å². The highest BCUT2D eigenvalue weighted by molar-refractivity contribution is 7.19. The van der Waals surface area contributed by atoms with Crippen LogP contribution in [0, 0.1) is 0 Å². The summed E-state index contributed by atoms with van der Waals surface area (Å²) in [4.78, 5) is 17.2. The van der Waals surface area contributed by atoms with E-state index in [1.807, 2.05) is 41.8 Å². The van der Waals surface area contributed by atoms with Gasteiger partial charge in [0, 0.05) is 17.7 Å². The van der Waals surface area contributed by atoms with E-state index in [1.54, 1.807) is 0 Å². The zero-order valence-corrected chi connectivity index (χ0v) is 13.5. The van der Waals surface area contributed by atoms with Crippen molar-refractivity contribution >= 4 is 22.3 Å². The molecular weight excluding hydrogens is 312 g/mol. The molecule has 1 aromatic carbocycles. The molecule has 0 bridgehead atoms. The normalized spacial score (nSPS) is 14.3. The van der Waals surface area contributed by atoms with Gasteiger partial charge in [-0.25, -0.2) is 9.78 Å². The number of nitrogens with zero attached hydrogens (tertiary/aromatic N) is 2. The molecule has 2 heterocycles. The van der Waals surface area contributed by atoms with Gasteiger partial charge in [0.2, 0.25) is 0 Å². The number of benzene rings is 1. The van der Waals surface area contributed by atoms with Crippen LogP contribution in [0.5, 0.6) is 5.75 Å². The van der Waals surface area contributed by atoms with Crippen LogP contribution < -0.4 is 4.74 Å². The molecule has 6 heteroatoms. The molecule has 4 rings (SSSR count). The van der Waals surface area contributed by atoms with Gasteiger partial charge in [-0.15, -0.1) is 0 Å². The number of rotatable bonds is 5. The first-order valence-corrected chi connectivity index (χ1v) is 8.47. The van der Waals surface area contributed by atoms with Crippen molar-refractivity contribution in [3.8, 4) is 17.0 Å². The van der Waals surface area contributed by atoms with Crippen LogP contribution in [0.4, 0.5) is 0 Å². The van der Waals surface area contributed by atoms with E-state index in [-0.39, 0.29) is 0 Å². The largest absolute Gasteiger partial charge is 0.494 e. The molecule has 1 saturated carbocycles. The Labute approximate surface area is 137 Å². The quantitative estimate of drug-likeness (QED) is 0.768. The van der Waals surface area contributed by atoms with Gasteiger partial charge in [0.05, 0.1) is 18.0 Å². The molecule has 0 aliphatic heterocycles. The average Bonchev–Trinajstić information content (AvgIpc) is 3.18. The highest BCUT2D eigenvalue weighted by atomic mass is 32.1. The Bertz CT molecular complexity index is 875. The van der Waals surface area contributed by atoms with E-state index >= 15 is 0 Å². The smallest absolute Gasteiger partial charge is 0.347 e. The predicted octanol–water partition coefficient (Wildman–Crippen LogP) is 4.04. The van der Waals surface area contributed by atoms with Gasteiger partial charge >= 0.3 is 5.97 Å². The summed E-state index contributed by atoms with van der Waals surface area (Å²) in [5.41, 5.74) is 2.77. The average molecular weight is 328 g/mol. The molecule has 1 N–H and O–H groups in total. The van der Waals surface area contributed by atoms with E-state index in [0.717, 1.165) is 40.5 Å². The fourth-order valence-electron chi connectivity index (χ4n) is 2.78. The lowest BCUT2D eigenvalue weighted by molar-refractivity contribution is 0.0700. The monoisotopic (exact) mass is 328 g/mol. The summed E-state index contributed by atoms with van der Waals surface area (Å²) in [6.45, 7) is 2.60. The highest BCUT2D eigenvalue weighted by Gasteiger charge is 2.33. The number of hydrogen-bond acceptors (Lipinski definition) is 4. The van der Waals surface area contributed by atoms with Gasteiger partial charge in [-0.3, -0.25) is 4.40 Å². The minimum atomic E-state index is -0.856. The fourth-order valence-corrected chi connectivity index (χ4v) is 3.81. The lowest BCUT2D eigenvalue weighted by atomic mass is 10.1. The number of carboxylic acid groups (broad SMARTS) is 1. The number of aromatic carboxylic acids is 1. The van der Waals surface area contributed by atoms with Crippen molar-refractivity contribution < 1.29 is 14.6 Å². The lowest BCUT2D eigenvalue weighted by Gasteiger charge is -2.03. The minimum Gasteiger partial charge on any atom is -0.494 e. The molecular formula is C17H16N2O3S. The number of fused-ring (bicyclic) bond motifs is 1. The second-order valence-electron chi connectivity index (χ2n) is 5.63. The Balaban J connectivity index is 1.75. The standard InChI is InChI=1S/C17H16N2O3S/c1-2-22-12-7-5-10(6-8-12)13-9-19-14(11-3-4-11)15(16(20)21)23-17(19)18-13/h5-9,11H,2-4H2,1H3,(H,20,21). The summed E-state index contributed by atoms with van der Waals surface area (Å²) < 4.78 is 7.41. The molecule has 1 fully saturated rings. The molecule has 5 nitrogen and oxygen atoms in total. The third-order valence-corrected chi connectivity index (χ3v) is 5.04. The third kappa shape index (κ3) is 2.49. The zero-order chi connectivity index (χ0) is 16.0. The maximum absolute atomic E-state index is 11.4. The van der Waals surface area contributed by atoms with Gasteiger partial charge in [-0.2, -0.15) is 0 Å². The number of ether oxygens (including phenoxy) is 1. The van der Waals surface area contributed by atoms with Crippen LogP contribution in [0.25, 0.3) is 16.2 Å². The molecule has 0 radical (unpaired) electrons. The first-order valence-electron chi connectivity index (χ1n) is 7.65. The third-order valence-electron chi connectivity index (χ3n) is 3.98. The number of imidazole rings is 1. The van der Waals surface area contributed by atoms with E-state index in [4.69, 9.17) is 4.74 Å². The first kappa shape index (κ1) is 14.3. The predicted molar refractivity (Wildman–Crippen MR) is 88.6 cm³/mol. The summed E-state index contributed by atoms with van der Waals surface area (Å²) >= 11 is 1.25. The molecule has 0 spiro atoms. The number of carbonyl (C=O) groups is 1.